The molecule has 60 heavy (non-hydrogen) atoms. The fourth-order valence-electron chi connectivity index (χ4n) is 4.91. The highest BCUT2D eigenvalue weighted by Crippen LogP contribution is 2.42. The van der Waals surface area contributed by atoms with Crippen LogP contribution in [0.5, 0.6) is 69.8 Å². The summed E-state index contributed by atoms with van der Waals surface area (Å²) in [5.41, 5.74) is -0.715. The number of hydrogen-bond donors (Lipinski definition) is 0. The first-order chi connectivity index (χ1) is 28.9. The molecule has 3 aliphatic heterocycles. The molecular weight excluding hydrogens is 779 g/mol. The molecule has 0 fully saturated rings. The molecule has 0 saturated heterocycles. The van der Waals surface area contributed by atoms with Crippen molar-refractivity contribution < 1.29 is 47.5 Å². The van der Waals surface area contributed by atoms with Gasteiger partial charge < -0.3 is 37.9 Å². The van der Waals surface area contributed by atoms with Gasteiger partial charge in [-0.3, -0.25) is 9.59 Å². The summed E-state index contributed by atoms with van der Waals surface area (Å²) >= 11 is 0. The Morgan fingerprint density at radius 1 is 0.417 bits per heavy atom. The second-order valence-electron chi connectivity index (χ2n) is 11.5. The summed E-state index contributed by atoms with van der Waals surface area (Å²) in [7, 11) is 0. The topological polar surface area (TPSA) is 289 Å². The van der Waals surface area contributed by atoms with Crippen molar-refractivity contribution >= 4 is 11.9 Å². The average Bonchev–Trinajstić information content (AvgIpc) is 3.21. The molecule has 12 bridgehead atoms. The van der Waals surface area contributed by atoms with Crippen LogP contribution in [0.25, 0.3) is 0 Å². The Kier molecular flexibility index (Phi) is 13.2. The van der Waals surface area contributed by atoms with Gasteiger partial charge in [0.25, 0.3) is 0 Å². The van der Waals surface area contributed by atoms with E-state index in [4.69, 9.17) is 28.4 Å². The van der Waals surface area contributed by atoms with Gasteiger partial charge in [-0.25, -0.2) is 0 Å². The zero-order valence-corrected chi connectivity index (χ0v) is 31.7. The Morgan fingerprint density at radius 2 is 0.600 bits per heavy atom. The predicted molar refractivity (Wildman–Crippen MR) is 199 cm³/mol. The van der Waals surface area contributed by atoms with Crippen molar-refractivity contribution in [3.05, 3.63) is 88.0 Å². The zero-order chi connectivity index (χ0) is 43.3. The summed E-state index contributed by atoms with van der Waals surface area (Å²) in [6, 6.07) is 23.4. The first-order valence-electron chi connectivity index (χ1n) is 17.1. The minimum atomic E-state index is -0.259. The molecule has 3 aliphatic rings. The molecule has 5 aromatic rings. The molecule has 0 amide bonds. The number of esters is 2. The van der Waals surface area contributed by atoms with E-state index < -0.39 is 0 Å². The molecule has 0 saturated carbocycles. The Labute approximate surface area is 340 Å². The number of nitrogens with zero attached hydrogens (tertiary/aromatic N) is 9. The SMILES string of the molecule is CCOC(C)=O.CCOC(C)=O.N#Cc1cc(C#N)c2nc1Oc1cc3cc(c1)Oc1nc(c(C#N)cc1C#N)Oc1cc(cc(c1)Oc1nc(c(C#N)cc1C#N)O3)O2. The lowest BCUT2D eigenvalue weighted by molar-refractivity contribution is -0.141. The fourth-order valence-corrected chi connectivity index (χ4v) is 4.91. The van der Waals surface area contributed by atoms with Gasteiger partial charge in [0.15, 0.2) is 0 Å². The molecule has 3 aromatic heterocycles. The van der Waals surface area contributed by atoms with E-state index in [2.05, 4.69) is 24.4 Å². The van der Waals surface area contributed by atoms with E-state index in [1.807, 2.05) is 36.4 Å². The maximum Gasteiger partial charge on any atom is 0.302 e. The van der Waals surface area contributed by atoms with Crippen LogP contribution in [0.15, 0.2) is 54.6 Å². The number of benzene rings is 2. The minimum Gasteiger partial charge on any atom is -0.466 e. The van der Waals surface area contributed by atoms with E-state index in [0.717, 1.165) is 0 Å². The molecule has 6 heterocycles. The van der Waals surface area contributed by atoms with Crippen LogP contribution in [0.2, 0.25) is 0 Å². The second kappa shape index (κ2) is 18.9. The summed E-state index contributed by atoms with van der Waals surface area (Å²) < 4.78 is 44.8. The molecule has 0 N–H and O–H groups in total. The predicted octanol–water partition coefficient (Wildman–Crippen LogP) is 7.62. The highest BCUT2D eigenvalue weighted by molar-refractivity contribution is 5.66. The molecule has 0 atom stereocenters. The Morgan fingerprint density at radius 3 is 0.717 bits per heavy atom. The lowest BCUT2D eigenvalue weighted by Crippen LogP contribution is -2.03. The summed E-state index contributed by atoms with van der Waals surface area (Å²) in [4.78, 5) is 32.5. The third-order valence-electron chi connectivity index (χ3n) is 7.27. The molecule has 0 aliphatic carbocycles. The molecule has 0 unspecified atom stereocenters. The molecular formula is C41H25N9O10. The van der Waals surface area contributed by atoms with Gasteiger partial charge in [-0.1, -0.05) is 0 Å². The number of pyridine rings is 3. The van der Waals surface area contributed by atoms with Crippen molar-refractivity contribution in [2.75, 3.05) is 13.2 Å². The van der Waals surface area contributed by atoms with Crippen LogP contribution in [-0.2, 0) is 19.1 Å². The summed E-state index contributed by atoms with van der Waals surface area (Å²) in [6.07, 6.45) is 0. The molecule has 19 heteroatoms. The van der Waals surface area contributed by atoms with Crippen LogP contribution in [-0.4, -0.2) is 40.1 Å². The molecule has 0 radical (unpaired) electrons. The smallest absolute Gasteiger partial charge is 0.302 e. The highest BCUT2D eigenvalue weighted by Gasteiger charge is 2.23. The van der Waals surface area contributed by atoms with E-state index in [0.29, 0.717) is 13.2 Å². The highest BCUT2D eigenvalue weighted by atomic mass is 16.5. The van der Waals surface area contributed by atoms with Crippen LogP contribution >= 0.6 is 0 Å². The monoisotopic (exact) mass is 803 g/mol. The minimum absolute atomic E-state index is 0.0297. The molecule has 294 valence electrons. The third kappa shape index (κ3) is 10.1. The van der Waals surface area contributed by atoms with E-state index >= 15 is 0 Å². The lowest BCUT2D eigenvalue weighted by Gasteiger charge is -2.18. The van der Waals surface area contributed by atoms with E-state index in [-0.39, 0.29) is 115 Å². The van der Waals surface area contributed by atoms with E-state index in [1.54, 1.807) is 13.8 Å². The third-order valence-corrected chi connectivity index (χ3v) is 7.27. The maximum absolute atomic E-state index is 9.86. The van der Waals surface area contributed by atoms with Crippen molar-refractivity contribution in [1.82, 2.24) is 15.0 Å². The Hall–Kier alpha value is -9.43. The average molecular weight is 804 g/mol. The fraction of sp³-hybridized carbons (Fsp3) is 0.146. The van der Waals surface area contributed by atoms with Gasteiger partial charge in [0.1, 0.15) is 104 Å². The van der Waals surface area contributed by atoms with Gasteiger partial charge in [-0.05, 0) is 32.0 Å². The molecule has 19 nitrogen and oxygen atoms in total. The number of ether oxygens (including phenoxy) is 8. The van der Waals surface area contributed by atoms with Gasteiger partial charge in [-0.2, -0.15) is 46.5 Å². The van der Waals surface area contributed by atoms with Gasteiger partial charge in [0.2, 0.25) is 35.3 Å². The Bertz CT molecular complexity index is 2330. The van der Waals surface area contributed by atoms with Crippen molar-refractivity contribution in [1.29, 1.82) is 31.6 Å². The van der Waals surface area contributed by atoms with Crippen molar-refractivity contribution in [2.24, 2.45) is 0 Å². The van der Waals surface area contributed by atoms with E-state index in [9.17, 15) is 41.2 Å². The Balaban J connectivity index is 0.000000500. The van der Waals surface area contributed by atoms with Crippen LogP contribution < -0.4 is 28.4 Å². The van der Waals surface area contributed by atoms with Gasteiger partial charge in [0, 0.05) is 50.2 Å². The van der Waals surface area contributed by atoms with Crippen molar-refractivity contribution in [3.63, 3.8) is 0 Å². The summed E-state index contributed by atoms with van der Waals surface area (Å²) in [5, 5.41) is 59.1. The molecule has 8 rings (SSSR count). The van der Waals surface area contributed by atoms with Crippen LogP contribution in [0.1, 0.15) is 61.1 Å². The second-order valence-corrected chi connectivity index (χ2v) is 11.5. The molecule has 0 spiro atoms. The first-order valence-corrected chi connectivity index (χ1v) is 17.1. The lowest BCUT2D eigenvalue weighted by atomic mass is 10.2. The standard InChI is InChI=1S/C33H9N9O6.2C4H8O2/c34-10-16-1-17(11-35)29-40-28(16)43-22-4-24-8-26(6-22)47-32-20(14-38)3-21(15-39)33(42-32)48-27-7-23(44-29)5-25(9-27)46-31-19(13-37)2-18(12-36)30(41-31)45-24;2*1-3-6-4(2)5/h1-9H;2*3H2,1-2H3. The largest absolute Gasteiger partial charge is 0.466 e. The number of nitriles is 6. The number of carbonyl (C=O) groups excluding carboxylic acids is 2. The van der Waals surface area contributed by atoms with Gasteiger partial charge in [-0.15, -0.1) is 0 Å². The maximum atomic E-state index is 9.86. The summed E-state index contributed by atoms with van der Waals surface area (Å²) in [5.74, 6) is -2.15. The summed E-state index contributed by atoms with van der Waals surface area (Å²) in [6.45, 7) is 7.31. The zero-order valence-electron chi connectivity index (χ0n) is 31.7. The number of rotatable bonds is 2. The number of aromatic nitrogens is 3. The molecule has 2 aromatic carbocycles. The van der Waals surface area contributed by atoms with Gasteiger partial charge in [0.05, 0.1) is 13.2 Å². The number of carbonyl (C=O) groups is 2. The normalized spacial score (nSPS) is 10.6. The number of hydrogen-bond acceptors (Lipinski definition) is 19. The van der Waals surface area contributed by atoms with Crippen LogP contribution in [0.3, 0.4) is 0 Å². The van der Waals surface area contributed by atoms with Crippen molar-refractivity contribution in [2.45, 2.75) is 27.7 Å². The van der Waals surface area contributed by atoms with E-state index in [1.165, 1.54) is 68.4 Å². The van der Waals surface area contributed by atoms with Crippen LogP contribution in [0, 0.1) is 68.0 Å². The van der Waals surface area contributed by atoms with Gasteiger partial charge >= 0.3 is 11.9 Å². The van der Waals surface area contributed by atoms with Crippen LogP contribution in [0.4, 0.5) is 0 Å². The quantitative estimate of drug-likeness (QED) is 0.152. The van der Waals surface area contributed by atoms with Crippen molar-refractivity contribution in [3.8, 4) is 106 Å². The first kappa shape index (κ1) is 41.7.